The molecule has 0 spiro atoms. The number of methoxy groups -OCH3 is 1. The fourth-order valence-corrected chi connectivity index (χ4v) is 5.31. The molecule has 2 aromatic carbocycles. The molecule has 156 valence electrons. The van der Waals surface area contributed by atoms with Crippen LogP contribution in [0.3, 0.4) is 0 Å². The van der Waals surface area contributed by atoms with E-state index in [1.54, 1.807) is 43.5 Å². The zero-order valence-corrected chi connectivity index (χ0v) is 17.9. The van der Waals surface area contributed by atoms with E-state index in [1.807, 2.05) is 0 Å². The lowest BCUT2D eigenvalue weighted by Gasteiger charge is -2.33. The van der Waals surface area contributed by atoms with Gasteiger partial charge in [-0.15, -0.1) is 0 Å². The van der Waals surface area contributed by atoms with Gasteiger partial charge in [0.15, 0.2) is 0 Å². The van der Waals surface area contributed by atoms with Crippen LogP contribution in [-0.2, 0) is 14.8 Å². The highest BCUT2D eigenvalue weighted by atomic mass is 35.5. The number of hydrogen-bond donors (Lipinski definition) is 1. The van der Waals surface area contributed by atoms with E-state index >= 15 is 0 Å². The molecule has 2 aromatic rings. The van der Waals surface area contributed by atoms with Crippen molar-refractivity contribution in [1.82, 2.24) is 4.31 Å². The SMILES string of the molecule is COc1ccc(NC(=O)CN(C2CCCCC2)S(=O)(=O)c2ccc(Cl)cc2)cc1. The van der Waals surface area contributed by atoms with Crippen molar-refractivity contribution >= 4 is 33.2 Å². The van der Waals surface area contributed by atoms with Gasteiger partial charge in [0.1, 0.15) is 5.75 Å². The van der Waals surface area contributed by atoms with Crippen LogP contribution in [0.4, 0.5) is 5.69 Å². The van der Waals surface area contributed by atoms with Crippen LogP contribution in [-0.4, -0.2) is 38.3 Å². The summed E-state index contributed by atoms with van der Waals surface area (Å²) in [6.45, 7) is -0.234. The molecule has 0 radical (unpaired) electrons. The first-order valence-electron chi connectivity index (χ1n) is 9.61. The molecule has 0 heterocycles. The predicted molar refractivity (Wildman–Crippen MR) is 114 cm³/mol. The molecule has 1 fully saturated rings. The number of carbonyl (C=O) groups excluding carboxylic acids is 1. The van der Waals surface area contributed by atoms with Crippen LogP contribution in [0.2, 0.25) is 5.02 Å². The normalized spacial score (nSPS) is 15.3. The van der Waals surface area contributed by atoms with Gasteiger partial charge in [-0.1, -0.05) is 30.9 Å². The Hall–Kier alpha value is -2.09. The van der Waals surface area contributed by atoms with E-state index in [0.29, 0.717) is 16.5 Å². The summed E-state index contributed by atoms with van der Waals surface area (Å²) < 4.78 is 33.1. The third kappa shape index (κ3) is 5.50. The minimum absolute atomic E-state index is 0.143. The van der Waals surface area contributed by atoms with Crippen molar-refractivity contribution in [3.05, 3.63) is 53.6 Å². The number of nitrogens with zero attached hydrogens (tertiary/aromatic N) is 1. The molecule has 1 aliphatic rings. The summed E-state index contributed by atoms with van der Waals surface area (Å²) in [5.41, 5.74) is 0.586. The second kappa shape index (κ2) is 9.61. The maximum absolute atomic E-state index is 13.3. The molecular formula is C21H25ClN2O4S. The van der Waals surface area contributed by atoms with Crippen LogP contribution in [0.5, 0.6) is 5.75 Å². The molecule has 1 N–H and O–H groups in total. The number of benzene rings is 2. The average Bonchev–Trinajstić information content (AvgIpc) is 2.73. The second-order valence-electron chi connectivity index (χ2n) is 7.07. The molecule has 8 heteroatoms. The first-order chi connectivity index (χ1) is 13.9. The molecule has 6 nitrogen and oxygen atoms in total. The van der Waals surface area contributed by atoms with Crippen molar-refractivity contribution < 1.29 is 17.9 Å². The zero-order chi connectivity index (χ0) is 20.9. The lowest BCUT2D eigenvalue weighted by Crippen LogP contribution is -2.45. The summed E-state index contributed by atoms with van der Waals surface area (Å²) in [5.74, 6) is 0.301. The summed E-state index contributed by atoms with van der Waals surface area (Å²) in [6, 6.07) is 12.8. The second-order valence-corrected chi connectivity index (χ2v) is 9.40. The number of rotatable bonds is 7. The fraction of sp³-hybridized carbons (Fsp3) is 0.381. The molecule has 0 unspecified atom stereocenters. The van der Waals surface area contributed by atoms with Crippen LogP contribution in [0, 0.1) is 0 Å². The summed E-state index contributed by atoms with van der Waals surface area (Å²) in [6.07, 6.45) is 4.50. The van der Waals surface area contributed by atoms with Crippen LogP contribution in [0.1, 0.15) is 32.1 Å². The monoisotopic (exact) mass is 436 g/mol. The molecule has 0 bridgehead atoms. The number of halogens is 1. The van der Waals surface area contributed by atoms with Gasteiger partial charge in [-0.05, 0) is 61.4 Å². The van der Waals surface area contributed by atoms with Crippen molar-refractivity contribution in [3.63, 3.8) is 0 Å². The first kappa shape index (κ1) is 21.6. The lowest BCUT2D eigenvalue weighted by atomic mass is 9.95. The van der Waals surface area contributed by atoms with Crippen LogP contribution >= 0.6 is 11.6 Å². The Labute approximate surface area is 176 Å². The Morgan fingerprint density at radius 2 is 1.69 bits per heavy atom. The van der Waals surface area contributed by atoms with Gasteiger partial charge in [0.2, 0.25) is 15.9 Å². The van der Waals surface area contributed by atoms with E-state index in [1.165, 1.54) is 16.4 Å². The number of hydrogen-bond acceptors (Lipinski definition) is 4. The zero-order valence-electron chi connectivity index (χ0n) is 16.3. The maximum Gasteiger partial charge on any atom is 0.243 e. The molecule has 1 aliphatic carbocycles. The number of amides is 1. The van der Waals surface area contributed by atoms with Gasteiger partial charge in [0, 0.05) is 16.8 Å². The van der Waals surface area contributed by atoms with Crippen molar-refractivity contribution in [1.29, 1.82) is 0 Å². The Kier molecular flexibility index (Phi) is 7.16. The minimum atomic E-state index is -3.82. The quantitative estimate of drug-likeness (QED) is 0.701. The number of sulfonamides is 1. The number of ether oxygens (including phenoxy) is 1. The van der Waals surface area contributed by atoms with E-state index in [2.05, 4.69) is 5.32 Å². The molecule has 0 atom stereocenters. The van der Waals surface area contributed by atoms with Gasteiger partial charge >= 0.3 is 0 Å². The van der Waals surface area contributed by atoms with Gasteiger partial charge in [0.05, 0.1) is 18.6 Å². The highest BCUT2D eigenvalue weighted by molar-refractivity contribution is 7.89. The van der Waals surface area contributed by atoms with Gasteiger partial charge in [-0.25, -0.2) is 8.42 Å². The van der Waals surface area contributed by atoms with E-state index < -0.39 is 10.0 Å². The Morgan fingerprint density at radius 3 is 2.28 bits per heavy atom. The van der Waals surface area contributed by atoms with Crippen molar-refractivity contribution in [2.45, 2.75) is 43.0 Å². The standard InChI is InChI=1S/C21H25ClN2O4S/c1-28-19-11-9-17(10-12-19)23-21(25)15-24(18-5-3-2-4-6-18)29(26,27)20-13-7-16(22)8-14-20/h7-14,18H,2-6,15H2,1H3,(H,23,25). The molecule has 1 amide bonds. The van der Waals surface area contributed by atoms with Crippen LogP contribution in [0.15, 0.2) is 53.4 Å². The van der Waals surface area contributed by atoms with Gasteiger partial charge in [-0.2, -0.15) is 4.31 Å². The Morgan fingerprint density at radius 1 is 1.07 bits per heavy atom. The topological polar surface area (TPSA) is 75.7 Å². The smallest absolute Gasteiger partial charge is 0.243 e. The average molecular weight is 437 g/mol. The van der Waals surface area contributed by atoms with Gasteiger partial charge in [0.25, 0.3) is 0 Å². The lowest BCUT2D eigenvalue weighted by molar-refractivity contribution is -0.116. The molecule has 29 heavy (non-hydrogen) atoms. The molecular weight excluding hydrogens is 412 g/mol. The van der Waals surface area contributed by atoms with Crippen LogP contribution < -0.4 is 10.1 Å². The predicted octanol–water partition coefficient (Wildman–Crippen LogP) is 4.31. The molecule has 0 saturated heterocycles. The Balaban J connectivity index is 1.81. The number of nitrogens with one attached hydrogen (secondary N) is 1. The van der Waals surface area contributed by atoms with Crippen molar-refractivity contribution in [2.24, 2.45) is 0 Å². The van der Waals surface area contributed by atoms with Crippen molar-refractivity contribution in [2.75, 3.05) is 19.0 Å². The third-order valence-electron chi connectivity index (χ3n) is 5.08. The van der Waals surface area contributed by atoms with Gasteiger partial charge < -0.3 is 10.1 Å². The van der Waals surface area contributed by atoms with Gasteiger partial charge in [-0.3, -0.25) is 4.79 Å². The van der Waals surface area contributed by atoms with E-state index in [0.717, 1.165) is 32.1 Å². The summed E-state index contributed by atoms with van der Waals surface area (Å²) >= 11 is 5.90. The summed E-state index contributed by atoms with van der Waals surface area (Å²) in [7, 11) is -2.25. The third-order valence-corrected chi connectivity index (χ3v) is 7.24. The molecule has 3 rings (SSSR count). The van der Waals surface area contributed by atoms with Crippen LogP contribution in [0.25, 0.3) is 0 Å². The van der Waals surface area contributed by atoms with Crippen molar-refractivity contribution in [3.8, 4) is 5.75 Å². The van der Waals surface area contributed by atoms with E-state index in [4.69, 9.17) is 16.3 Å². The maximum atomic E-state index is 13.3. The highest BCUT2D eigenvalue weighted by Crippen LogP contribution is 2.28. The molecule has 0 aliphatic heterocycles. The highest BCUT2D eigenvalue weighted by Gasteiger charge is 2.34. The summed E-state index contributed by atoms with van der Waals surface area (Å²) in [5, 5.41) is 3.24. The number of anilines is 1. The minimum Gasteiger partial charge on any atom is -0.497 e. The van der Waals surface area contributed by atoms with E-state index in [-0.39, 0.29) is 23.4 Å². The largest absolute Gasteiger partial charge is 0.497 e. The molecule has 0 aromatic heterocycles. The Bertz CT molecular complexity index is 924. The number of carbonyl (C=O) groups is 1. The molecule has 1 saturated carbocycles. The first-order valence-corrected chi connectivity index (χ1v) is 11.4. The van der Waals surface area contributed by atoms with E-state index in [9.17, 15) is 13.2 Å². The fourth-order valence-electron chi connectivity index (χ4n) is 3.54. The summed E-state index contributed by atoms with van der Waals surface area (Å²) in [4.78, 5) is 12.8.